The molecule has 0 unspecified atom stereocenters. The molecule has 0 bridgehead atoms. The number of nitrogens with zero attached hydrogens (tertiary/aromatic N) is 2. The summed E-state index contributed by atoms with van der Waals surface area (Å²) in [5.41, 5.74) is 2.75. The van der Waals surface area contributed by atoms with Crippen LogP contribution in [0.1, 0.15) is 45.9 Å². The number of hydrogen-bond acceptors (Lipinski definition) is 1. The molecule has 1 aromatic rings. The van der Waals surface area contributed by atoms with Gasteiger partial charge >= 0.3 is 0 Å². The van der Waals surface area contributed by atoms with Gasteiger partial charge in [0, 0.05) is 27.3 Å². The van der Waals surface area contributed by atoms with E-state index in [4.69, 9.17) is 0 Å². The molecule has 0 saturated carbocycles. The van der Waals surface area contributed by atoms with Gasteiger partial charge in [-0.15, -0.1) is 6.04 Å². The van der Waals surface area contributed by atoms with E-state index >= 15 is 0 Å². The topological polar surface area (TPSA) is 17.8 Å². The third kappa shape index (κ3) is 2.63. The standard InChI is InChI=1S/C11H19N2.W/c1-8(2)13-10(11(4,5)6)9(3)7-12-13;/h7H,1-6H3;/q-1;. The maximum atomic E-state index is 4.36. The van der Waals surface area contributed by atoms with Crippen LogP contribution >= 0.6 is 0 Å². The summed E-state index contributed by atoms with van der Waals surface area (Å²) in [6.45, 7) is 12.9. The summed E-state index contributed by atoms with van der Waals surface area (Å²) in [6, 6.07) is 1.22. The van der Waals surface area contributed by atoms with Crippen LogP contribution in [-0.4, -0.2) is 9.78 Å². The van der Waals surface area contributed by atoms with Crippen molar-refractivity contribution in [1.29, 1.82) is 0 Å². The van der Waals surface area contributed by atoms with Crippen LogP contribution in [0, 0.1) is 13.0 Å². The largest absolute Gasteiger partial charge is 0.399 e. The second kappa shape index (κ2) is 4.53. The van der Waals surface area contributed by atoms with E-state index in [2.05, 4.69) is 46.6 Å². The van der Waals surface area contributed by atoms with E-state index in [-0.39, 0.29) is 26.5 Å². The Hall–Kier alpha value is -0.232. The van der Waals surface area contributed by atoms with Crippen LogP contribution in [0.3, 0.4) is 0 Å². The van der Waals surface area contributed by atoms with E-state index in [0.29, 0.717) is 0 Å². The monoisotopic (exact) mass is 363 g/mol. The van der Waals surface area contributed by atoms with Gasteiger partial charge in [-0.25, -0.2) is 5.10 Å². The molecule has 0 aliphatic rings. The van der Waals surface area contributed by atoms with Crippen LogP contribution < -0.4 is 0 Å². The summed E-state index contributed by atoms with van der Waals surface area (Å²) in [7, 11) is 0. The minimum atomic E-state index is 0. The Morgan fingerprint density at radius 2 is 1.79 bits per heavy atom. The molecule has 3 heteroatoms. The Kier molecular flexibility index (Phi) is 4.45. The third-order valence-corrected chi connectivity index (χ3v) is 2.09. The minimum absolute atomic E-state index is 0. The Morgan fingerprint density at radius 3 is 2.07 bits per heavy atom. The van der Waals surface area contributed by atoms with E-state index in [1.165, 1.54) is 17.3 Å². The molecule has 1 rings (SSSR count). The van der Waals surface area contributed by atoms with Crippen molar-refractivity contribution >= 4 is 0 Å². The van der Waals surface area contributed by atoms with Crippen LogP contribution in [-0.2, 0) is 26.5 Å². The summed E-state index contributed by atoms with van der Waals surface area (Å²) in [5.74, 6) is 0. The van der Waals surface area contributed by atoms with Crippen LogP contribution in [0.5, 0.6) is 0 Å². The van der Waals surface area contributed by atoms with Gasteiger partial charge in [0.15, 0.2) is 0 Å². The van der Waals surface area contributed by atoms with Crippen molar-refractivity contribution in [3.63, 3.8) is 0 Å². The van der Waals surface area contributed by atoms with Crippen molar-refractivity contribution in [2.45, 2.75) is 47.0 Å². The maximum Gasteiger partial charge on any atom is 0.0314 e. The van der Waals surface area contributed by atoms with Gasteiger partial charge in [0.05, 0.1) is 0 Å². The zero-order valence-corrected chi connectivity index (χ0v) is 12.8. The van der Waals surface area contributed by atoms with Crippen molar-refractivity contribution in [3.05, 3.63) is 23.5 Å². The molecule has 0 aliphatic heterocycles. The van der Waals surface area contributed by atoms with Gasteiger partial charge in [-0.1, -0.05) is 58.2 Å². The number of rotatable bonds is 1. The van der Waals surface area contributed by atoms with E-state index in [1.54, 1.807) is 0 Å². The first-order chi connectivity index (χ1) is 5.84. The average Bonchev–Trinajstić information content (AvgIpc) is 2.28. The molecule has 2 nitrogen and oxygen atoms in total. The Bertz CT molecular complexity index is 295. The van der Waals surface area contributed by atoms with Gasteiger partial charge in [-0.05, 0) is 0 Å². The van der Waals surface area contributed by atoms with Crippen LogP contribution in [0.4, 0.5) is 0 Å². The fourth-order valence-corrected chi connectivity index (χ4v) is 1.68. The Balaban J connectivity index is 0.00000169. The molecular formula is C11H19N2W-. The van der Waals surface area contributed by atoms with E-state index < -0.39 is 0 Å². The molecule has 0 N–H and O–H groups in total. The predicted octanol–water partition coefficient (Wildman–Crippen LogP) is 2.91. The fourth-order valence-electron chi connectivity index (χ4n) is 1.68. The Labute approximate surface area is 101 Å². The normalized spacial score (nSPS) is 11.0. The molecule has 0 fully saturated rings. The van der Waals surface area contributed by atoms with Gasteiger partial charge in [-0.2, -0.15) is 0 Å². The zero-order chi connectivity index (χ0) is 10.2. The molecule has 0 atom stereocenters. The van der Waals surface area contributed by atoms with E-state index in [9.17, 15) is 0 Å². The summed E-state index contributed by atoms with van der Waals surface area (Å²) >= 11 is 0. The fraction of sp³-hybridized carbons (Fsp3) is 0.636. The molecule has 0 amide bonds. The molecule has 0 aromatic carbocycles. The second-order valence-electron chi connectivity index (χ2n) is 4.79. The van der Waals surface area contributed by atoms with Crippen molar-refractivity contribution in [3.8, 4) is 0 Å². The minimum Gasteiger partial charge on any atom is -0.399 e. The molecule has 0 aliphatic carbocycles. The van der Waals surface area contributed by atoms with Gasteiger partial charge < -0.3 is 4.68 Å². The van der Waals surface area contributed by atoms with Crippen molar-refractivity contribution in [1.82, 2.24) is 9.78 Å². The quantitative estimate of drug-likeness (QED) is 0.702. The number of aromatic nitrogens is 2. The van der Waals surface area contributed by atoms with Crippen molar-refractivity contribution in [2.24, 2.45) is 0 Å². The first kappa shape index (κ1) is 13.8. The molecule has 80 valence electrons. The molecular weight excluding hydrogens is 344 g/mol. The molecule has 0 radical (unpaired) electrons. The van der Waals surface area contributed by atoms with Crippen LogP contribution in [0.15, 0.2) is 6.20 Å². The summed E-state index contributed by atoms with van der Waals surface area (Å²) < 4.78 is 2.04. The maximum absolute atomic E-state index is 4.36. The van der Waals surface area contributed by atoms with E-state index in [0.717, 1.165) is 0 Å². The summed E-state index contributed by atoms with van der Waals surface area (Å²) in [6.07, 6.45) is 1.94. The SMILES string of the molecule is Cc1cnn([C-](C)C)c1C(C)(C)C.[W]. The zero-order valence-electron chi connectivity index (χ0n) is 9.88. The molecule has 14 heavy (non-hydrogen) atoms. The predicted molar refractivity (Wildman–Crippen MR) is 55.7 cm³/mol. The first-order valence-electron chi connectivity index (χ1n) is 4.69. The van der Waals surface area contributed by atoms with Gasteiger partial charge in [0.25, 0.3) is 0 Å². The van der Waals surface area contributed by atoms with Gasteiger partial charge in [0.2, 0.25) is 0 Å². The van der Waals surface area contributed by atoms with Crippen LogP contribution in [0.2, 0.25) is 0 Å². The van der Waals surface area contributed by atoms with Crippen LogP contribution in [0.25, 0.3) is 0 Å². The number of aryl methyl sites for hydroxylation is 1. The molecule has 1 aromatic heterocycles. The molecule has 0 spiro atoms. The first-order valence-corrected chi connectivity index (χ1v) is 4.69. The molecule has 1 heterocycles. The van der Waals surface area contributed by atoms with Crippen molar-refractivity contribution < 1.29 is 21.1 Å². The third-order valence-electron chi connectivity index (χ3n) is 2.09. The number of hydrogen-bond donors (Lipinski definition) is 0. The summed E-state index contributed by atoms with van der Waals surface area (Å²) in [4.78, 5) is 0. The van der Waals surface area contributed by atoms with E-state index in [1.807, 2.05) is 10.9 Å². The molecule has 0 saturated heterocycles. The smallest absolute Gasteiger partial charge is 0.0314 e. The Morgan fingerprint density at radius 1 is 1.29 bits per heavy atom. The van der Waals surface area contributed by atoms with Gasteiger partial charge in [-0.3, -0.25) is 0 Å². The van der Waals surface area contributed by atoms with Gasteiger partial charge in [0.1, 0.15) is 0 Å². The summed E-state index contributed by atoms with van der Waals surface area (Å²) in [5, 5.41) is 4.36. The van der Waals surface area contributed by atoms with Crippen molar-refractivity contribution in [2.75, 3.05) is 0 Å². The second-order valence-corrected chi connectivity index (χ2v) is 4.79. The average molecular weight is 363 g/mol.